The average Bonchev–Trinajstić information content (AvgIpc) is 2.97. The zero-order valence-electron chi connectivity index (χ0n) is 11.0. The summed E-state index contributed by atoms with van der Waals surface area (Å²) in [7, 11) is 0. The first-order valence-corrected chi connectivity index (χ1v) is 6.89. The van der Waals surface area contributed by atoms with Crippen LogP contribution in [0.3, 0.4) is 0 Å². The lowest BCUT2D eigenvalue weighted by molar-refractivity contribution is 0.102. The van der Waals surface area contributed by atoms with Crippen molar-refractivity contribution in [2.75, 3.05) is 0 Å². The van der Waals surface area contributed by atoms with Gasteiger partial charge in [-0.3, -0.25) is 4.68 Å². The molecule has 17 heavy (non-hydrogen) atoms. The molecule has 0 amide bonds. The minimum atomic E-state index is -0.123. The van der Waals surface area contributed by atoms with E-state index >= 15 is 0 Å². The third kappa shape index (κ3) is 3.32. The van der Waals surface area contributed by atoms with Gasteiger partial charge < -0.3 is 5.11 Å². The molecule has 0 radical (unpaired) electrons. The van der Waals surface area contributed by atoms with Crippen LogP contribution in [-0.4, -0.2) is 21.0 Å². The van der Waals surface area contributed by atoms with Gasteiger partial charge in [0.05, 0.1) is 11.8 Å². The molecule has 1 aromatic rings. The molecule has 96 valence electrons. The molecule has 3 heteroatoms. The van der Waals surface area contributed by atoms with Crippen LogP contribution in [0.15, 0.2) is 12.3 Å². The van der Waals surface area contributed by atoms with E-state index < -0.39 is 0 Å². The summed E-state index contributed by atoms with van der Waals surface area (Å²) in [6, 6.07) is 2.49. The van der Waals surface area contributed by atoms with E-state index in [4.69, 9.17) is 0 Å². The van der Waals surface area contributed by atoms with E-state index in [0.717, 1.165) is 18.5 Å². The number of aliphatic hydroxyl groups is 1. The third-order valence-corrected chi connectivity index (χ3v) is 3.83. The number of nitrogens with zero attached hydrogens (tertiary/aromatic N) is 2. The van der Waals surface area contributed by atoms with Gasteiger partial charge in [0.1, 0.15) is 0 Å². The van der Waals surface area contributed by atoms with Crippen molar-refractivity contribution < 1.29 is 5.11 Å². The van der Waals surface area contributed by atoms with Gasteiger partial charge in [0.2, 0.25) is 0 Å². The maximum absolute atomic E-state index is 10.1. The van der Waals surface area contributed by atoms with Crippen LogP contribution in [0.2, 0.25) is 0 Å². The van der Waals surface area contributed by atoms with Gasteiger partial charge in [-0.05, 0) is 51.5 Å². The lowest BCUT2D eigenvalue weighted by Gasteiger charge is -2.16. The Morgan fingerprint density at radius 3 is 2.71 bits per heavy atom. The Bertz CT molecular complexity index is 340. The Hall–Kier alpha value is -0.830. The highest BCUT2D eigenvalue weighted by molar-refractivity contribution is 5.00. The Morgan fingerprint density at radius 1 is 1.41 bits per heavy atom. The topological polar surface area (TPSA) is 38.0 Å². The molecule has 3 nitrogen and oxygen atoms in total. The maximum Gasteiger partial charge on any atom is 0.0625 e. The van der Waals surface area contributed by atoms with Crippen LogP contribution in [0.4, 0.5) is 0 Å². The number of aliphatic hydroxyl groups excluding tert-OH is 1. The predicted octanol–water partition coefficient (Wildman–Crippen LogP) is 2.95. The van der Waals surface area contributed by atoms with Gasteiger partial charge in [-0.25, -0.2) is 0 Å². The molecule has 0 bridgehead atoms. The van der Waals surface area contributed by atoms with Gasteiger partial charge in [0.15, 0.2) is 0 Å². The molecule has 1 N–H and O–H groups in total. The zero-order valence-corrected chi connectivity index (χ0v) is 11.0. The van der Waals surface area contributed by atoms with Crippen molar-refractivity contribution in [1.29, 1.82) is 0 Å². The zero-order chi connectivity index (χ0) is 12.3. The number of hydrogen-bond acceptors (Lipinski definition) is 2. The molecule has 1 fully saturated rings. The van der Waals surface area contributed by atoms with Crippen LogP contribution in [-0.2, 0) is 6.42 Å². The first-order valence-electron chi connectivity index (χ1n) is 6.89. The largest absolute Gasteiger partial charge is 0.393 e. The molecule has 2 rings (SSSR count). The third-order valence-electron chi connectivity index (χ3n) is 3.83. The number of aryl methyl sites for hydroxylation is 1. The van der Waals surface area contributed by atoms with Gasteiger partial charge in [-0.2, -0.15) is 5.10 Å². The van der Waals surface area contributed by atoms with Gasteiger partial charge >= 0.3 is 0 Å². The Morgan fingerprint density at radius 2 is 2.12 bits per heavy atom. The number of hydrogen-bond donors (Lipinski definition) is 1. The first kappa shape index (κ1) is 12.6. The molecule has 1 atom stereocenters. The quantitative estimate of drug-likeness (QED) is 0.853. The van der Waals surface area contributed by atoms with E-state index in [9.17, 15) is 5.11 Å². The fraction of sp³-hybridized carbons (Fsp3) is 0.786. The van der Waals surface area contributed by atoms with E-state index in [1.165, 1.54) is 25.7 Å². The SMILES string of the molecule is CC(C)n1ccc(CCC(O)C2CCCC2)n1. The lowest BCUT2D eigenvalue weighted by Crippen LogP contribution is -2.18. The second-order valence-corrected chi connectivity index (χ2v) is 5.53. The molecular weight excluding hydrogens is 212 g/mol. The molecule has 1 aliphatic rings. The van der Waals surface area contributed by atoms with Crippen molar-refractivity contribution in [3.05, 3.63) is 18.0 Å². The van der Waals surface area contributed by atoms with Gasteiger partial charge in [-0.1, -0.05) is 12.8 Å². The van der Waals surface area contributed by atoms with Crippen LogP contribution in [0, 0.1) is 5.92 Å². The molecule has 0 saturated heterocycles. The summed E-state index contributed by atoms with van der Waals surface area (Å²) in [6.07, 6.45) is 8.68. The molecule has 1 aromatic heterocycles. The molecule has 1 saturated carbocycles. The second-order valence-electron chi connectivity index (χ2n) is 5.53. The molecule has 1 aliphatic carbocycles. The fourth-order valence-electron chi connectivity index (χ4n) is 2.67. The van der Waals surface area contributed by atoms with E-state index in [1.54, 1.807) is 0 Å². The van der Waals surface area contributed by atoms with E-state index in [0.29, 0.717) is 12.0 Å². The molecule has 0 aliphatic heterocycles. The van der Waals surface area contributed by atoms with Gasteiger partial charge in [0, 0.05) is 12.2 Å². The van der Waals surface area contributed by atoms with Crippen molar-refractivity contribution in [1.82, 2.24) is 9.78 Å². The summed E-state index contributed by atoms with van der Waals surface area (Å²) in [5.74, 6) is 0.544. The van der Waals surface area contributed by atoms with Crippen LogP contribution in [0.25, 0.3) is 0 Å². The van der Waals surface area contributed by atoms with Crippen LogP contribution >= 0.6 is 0 Å². The van der Waals surface area contributed by atoms with E-state index in [1.807, 2.05) is 10.9 Å². The van der Waals surface area contributed by atoms with Gasteiger partial charge in [0.25, 0.3) is 0 Å². The van der Waals surface area contributed by atoms with Crippen LogP contribution in [0.5, 0.6) is 0 Å². The minimum Gasteiger partial charge on any atom is -0.393 e. The first-order chi connectivity index (χ1) is 8.16. The predicted molar refractivity (Wildman–Crippen MR) is 68.9 cm³/mol. The summed E-state index contributed by atoms with van der Waals surface area (Å²) in [4.78, 5) is 0. The fourth-order valence-corrected chi connectivity index (χ4v) is 2.67. The summed E-state index contributed by atoms with van der Waals surface area (Å²) in [5, 5.41) is 14.6. The normalized spacial score (nSPS) is 19.1. The highest BCUT2D eigenvalue weighted by Gasteiger charge is 2.22. The monoisotopic (exact) mass is 236 g/mol. The van der Waals surface area contributed by atoms with Crippen LogP contribution < -0.4 is 0 Å². The van der Waals surface area contributed by atoms with E-state index in [2.05, 4.69) is 25.0 Å². The minimum absolute atomic E-state index is 0.123. The number of aromatic nitrogens is 2. The molecule has 1 unspecified atom stereocenters. The van der Waals surface area contributed by atoms with Crippen molar-refractivity contribution in [3.63, 3.8) is 0 Å². The summed E-state index contributed by atoms with van der Waals surface area (Å²) >= 11 is 0. The second kappa shape index (κ2) is 5.67. The molecule has 0 spiro atoms. The van der Waals surface area contributed by atoms with E-state index in [-0.39, 0.29) is 6.10 Å². The van der Waals surface area contributed by atoms with Crippen molar-refractivity contribution in [2.24, 2.45) is 5.92 Å². The Kier molecular flexibility index (Phi) is 4.21. The summed E-state index contributed by atoms with van der Waals surface area (Å²) in [5.41, 5.74) is 1.11. The van der Waals surface area contributed by atoms with Gasteiger partial charge in [-0.15, -0.1) is 0 Å². The standard InChI is InChI=1S/C14H24N2O/c1-11(2)16-10-9-13(15-16)7-8-14(17)12-5-3-4-6-12/h9-12,14,17H,3-8H2,1-2H3. The maximum atomic E-state index is 10.1. The Balaban J connectivity index is 1.80. The average molecular weight is 236 g/mol. The highest BCUT2D eigenvalue weighted by Crippen LogP contribution is 2.29. The van der Waals surface area contributed by atoms with Crippen LogP contribution in [0.1, 0.15) is 57.7 Å². The van der Waals surface area contributed by atoms with Crippen molar-refractivity contribution in [2.45, 2.75) is 64.5 Å². The smallest absolute Gasteiger partial charge is 0.0625 e. The molecule has 0 aromatic carbocycles. The molecule has 1 heterocycles. The highest BCUT2D eigenvalue weighted by atomic mass is 16.3. The summed E-state index contributed by atoms with van der Waals surface area (Å²) in [6.45, 7) is 4.26. The van der Waals surface area contributed by atoms with Crippen molar-refractivity contribution in [3.8, 4) is 0 Å². The summed E-state index contributed by atoms with van der Waals surface area (Å²) < 4.78 is 1.98. The number of rotatable bonds is 5. The lowest BCUT2D eigenvalue weighted by atomic mass is 9.96. The Labute approximate surface area is 104 Å². The molecular formula is C14H24N2O. The van der Waals surface area contributed by atoms with Crippen molar-refractivity contribution >= 4 is 0 Å².